The molecule has 1 amide bonds. The number of nitrogens with zero attached hydrogens (tertiary/aromatic N) is 1. The van der Waals surface area contributed by atoms with Gasteiger partial charge >= 0.3 is 5.97 Å². The quantitative estimate of drug-likeness (QED) is 0.871. The summed E-state index contributed by atoms with van der Waals surface area (Å²) < 4.78 is 5.12. The minimum atomic E-state index is -0.881. The minimum absolute atomic E-state index is 0.102. The summed E-state index contributed by atoms with van der Waals surface area (Å²) in [4.78, 5) is 24.3. The first-order valence-electron chi connectivity index (χ1n) is 6.13. The van der Waals surface area contributed by atoms with Gasteiger partial charge in [-0.1, -0.05) is 12.1 Å². The summed E-state index contributed by atoms with van der Waals surface area (Å²) in [5.41, 5.74) is 0.961. The molecule has 102 valence electrons. The van der Waals surface area contributed by atoms with E-state index in [1.807, 2.05) is 24.3 Å². The third-order valence-corrected chi connectivity index (χ3v) is 3.35. The van der Waals surface area contributed by atoms with Crippen LogP contribution in [0.25, 0.3) is 0 Å². The van der Waals surface area contributed by atoms with E-state index >= 15 is 0 Å². The van der Waals surface area contributed by atoms with Crippen molar-refractivity contribution in [3.63, 3.8) is 0 Å². The average molecular weight is 263 g/mol. The third-order valence-electron chi connectivity index (χ3n) is 3.35. The van der Waals surface area contributed by atoms with Crippen molar-refractivity contribution in [2.45, 2.75) is 13.0 Å². The van der Waals surface area contributed by atoms with Crippen LogP contribution >= 0.6 is 0 Å². The fourth-order valence-electron chi connectivity index (χ4n) is 2.15. The van der Waals surface area contributed by atoms with Gasteiger partial charge in [-0.25, -0.2) is 0 Å². The number of carbonyl (C=O) groups excluding carboxylic acids is 1. The van der Waals surface area contributed by atoms with Crippen molar-refractivity contribution in [3.05, 3.63) is 29.8 Å². The molecule has 0 saturated heterocycles. The van der Waals surface area contributed by atoms with E-state index in [0.29, 0.717) is 13.0 Å². The SMILES string of the molecule is COc1cccc(CN(C)C(=O)C2CC2C(=O)O)c1. The van der Waals surface area contributed by atoms with Crippen molar-refractivity contribution in [2.24, 2.45) is 11.8 Å². The maximum atomic E-state index is 12.0. The van der Waals surface area contributed by atoms with Crippen LogP contribution in [0.2, 0.25) is 0 Å². The lowest BCUT2D eigenvalue weighted by Gasteiger charge is -2.17. The van der Waals surface area contributed by atoms with E-state index < -0.39 is 11.9 Å². The van der Waals surface area contributed by atoms with Crippen LogP contribution < -0.4 is 4.74 Å². The molecule has 0 radical (unpaired) electrons. The molecular weight excluding hydrogens is 246 g/mol. The number of hydrogen-bond donors (Lipinski definition) is 1. The van der Waals surface area contributed by atoms with Gasteiger partial charge in [-0.05, 0) is 24.1 Å². The highest BCUT2D eigenvalue weighted by molar-refractivity contribution is 5.89. The van der Waals surface area contributed by atoms with Crippen LogP contribution in [0.5, 0.6) is 5.75 Å². The second kappa shape index (κ2) is 5.30. The number of carboxylic acids is 1. The number of methoxy groups -OCH3 is 1. The second-order valence-electron chi connectivity index (χ2n) is 4.83. The Bertz CT molecular complexity index is 500. The van der Waals surface area contributed by atoms with Gasteiger partial charge in [0.05, 0.1) is 18.9 Å². The van der Waals surface area contributed by atoms with Crippen LogP contribution in [0.15, 0.2) is 24.3 Å². The summed E-state index contributed by atoms with van der Waals surface area (Å²) in [5, 5.41) is 8.83. The Balaban J connectivity index is 1.95. The molecule has 5 heteroatoms. The molecular formula is C14H17NO4. The number of rotatable bonds is 5. The molecule has 0 aromatic heterocycles. The second-order valence-corrected chi connectivity index (χ2v) is 4.83. The van der Waals surface area contributed by atoms with Gasteiger partial charge in [0.25, 0.3) is 0 Å². The van der Waals surface area contributed by atoms with Crippen molar-refractivity contribution in [1.82, 2.24) is 4.90 Å². The predicted molar refractivity (Wildman–Crippen MR) is 68.7 cm³/mol. The lowest BCUT2D eigenvalue weighted by atomic mass is 10.2. The summed E-state index contributed by atoms with van der Waals surface area (Å²) in [7, 11) is 3.29. The first kappa shape index (κ1) is 13.4. The molecule has 1 N–H and O–H groups in total. The standard InChI is InChI=1S/C14H17NO4/c1-15(13(16)11-7-12(11)14(17)18)8-9-4-3-5-10(6-9)19-2/h3-6,11-12H,7-8H2,1-2H3,(H,17,18). The first-order valence-corrected chi connectivity index (χ1v) is 6.13. The molecule has 2 rings (SSSR count). The van der Waals surface area contributed by atoms with Crippen LogP contribution in [0, 0.1) is 11.8 Å². The number of hydrogen-bond acceptors (Lipinski definition) is 3. The van der Waals surface area contributed by atoms with Crippen LogP contribution in [0.1, 0.15) is 12.0 Å². The lowest BCUT2D eigenvalue weighted by Crippen LogP contribution is -2.28. The molecule has 2 atom stereocenters. The van der Waals surface area contributed by atoms with E-state index in [9.17, 15) is 9.59 Å². The van der Waals surface area contributed by atoms with Crippen LogP contribution in [0.4, 0.5) is 0 Å². The van der Waals surface area contributed by atoms with Crippen LogP contribution in [-0.4, -0.2) is 36.0 Å². The molecule has 19 heavy (non-hydrogen) atoms. The van der Waals surface area contributed by atoms with Gasteiger partial charge in [0.2, 0.25) is 5.91 Å². The molecule has 2 unspecified atom stereocenters. The zero-order chi connectivity index (χ0) is 14.0. The van der Waals surface area contributed by atoms with Crippen molar-refractivity contribution in [1.29, 1.82) is 0 Å². The summed E-state index contributed by atoms with van der Waals surface area (Å²) in [6.45, 7) is 0.457. The number of amides is 1. The summed E-state index contributed by atoms with van der Waals surface area (Å²) >= 11 is 0. The normalized spacial score (nSPS) is 20.7. The van der Waals surface area contributed by atoms with Crippen molar-refractivity contribution < 1.29 is 19.4 Å². The highest BCUT2D eigenvalue weighted by Gasteiger charge is 2.49. The number of aliphatic carboxylic acids is 1. The molecule has 1 aromatic carbocycles. The van der Waals surface area contributed by atoms with Gasteiger partial charge in [0.15, 0.2) is 0 Å². The third kappa shape index (κ3) is 3.05. The molecule has 1 saturated carbocycles. The molecule has 0 aliphatic heterocycles. The fraction of sp³-hybridized carbons (Fsp3) is 0.429. The largest absolute Gasteiger partial charge is 0.497 e. The maximum Gasteiger partial charge on any atom is 0.307 e. The maximum absolute atomic E-state index is 12.0. The van der Waals surface area contributed by atoms with E-state index in [1.54, 1.807) is 19.1 Å². The molecule has 5 nitrogen and oxygen atoms in total. The summed E-state index contributed by atoms with van der Waals surface area (Å²) in [6, 6.07) is 7.48. The Morgan fingerprint density at radius 3 is 2.74 bits per heavy atom. The monoisotopic (exact) mass is 263 g/mol. The van der Waals surface area contributed by atoms with E-state index in [4.69, 9.17) is 9.84 Å². The lowest BCUT2D eigenvalue weighted by molar-refractivity contribution is -0.141. The van der Waals surface area contributed by atoms with E-state index in [0.717, 1.165) is 11.3 Å². The van der Waals surface area contributed by atoms with Gasteiger partial charge in [-0.15, -0.1) is 0 Å². The van der Waals surface area contributed by atoms with Gasteiger partial charge in [0.1, 0.15) is 5.75 Å². The molecule has 0 spiro atoms. The molecule has 0 bridgehead atoms. The van der Waals surface area contributed by atoms with E-state index in [-0.39, 0.29) is 11.8 Å². The fourth-order valence-corrected chi connectivity index (χ4v) is 2.15. The van der Waals surface area contributed by atoms with Gasteiger partial charge in [-0.3, -0.25) is 9.59 Å². The Kier molecular flexibility index (Phi) is 3.74. The molecule has 1 aromatic rings. The Hall–Kier alpha value is -2.04. The summed E-state index contributed by atoms with van der Waals surface area (Å²) in [6.07, 6.45) is 0.455. The van der Waals surface area contributed by atoms with Gasteiger partial charge < -0.3 is 14.7 Å². The minimum Gasteiger partial charge on any atom is -0.497 e. The number of carbonyl (C=O) groups is 2. The Labute approximate surface area is 111 Å². The van der Waals surface area contributed by atoms with Crippen molar-refractivity contribution in [3.8, 4) is 5.75 Å². The predicted octanol–water partition coefficient (Wildman–Crippen LogP) is 1.37. The zero-order valence-electron chi connectivity index (χ0n) is 11.0. The number of ether oxygens (including phenoxy) is 1. The average Bonchev–Trinajstić information content (AvgIpc) is 3.18. The van der Waals surface area contributed by atoms with Crippen molar-refractivity contribution in [2.75, 3.05) is 14.2 Å². The first-order chi connectivity index (χ1) is 9.02. The molecule has 1 fully saturated rings. The van der Waals surface area contributed by atoms with Crippen molar-refractivity contribution >= 4 is 11.9 Å². The number of benzene rings is 1. The van der Waals surface area contributed by atoms with E-state index in [1.165, 1.54) is 0 Å². The smallest absolute Gasteiger partial charge is 0.307 e. The molecule has 1 aliphatic carbocycles. The van der Waals surface area contributed by atoms with Crippen LogP contribution in [-0.2, 0) is 16.1 Å². The molecule has 1 aliphatic rings. The summed E-state index contributed by atoms with van der Waals surface area (Å²) in [5.74, 6) is -1.09. The molecule has 0 heterocycles. The zero-order valence-corrected chi connectivity index (χ0v) is 11.0. The Morgan fingerprint density at radius 2 is 2.16 bits per heavy atom. The Morgan fingerprint density at radius 1 is 1.42 bits per heavy atom. The highest BCUT2D eigenvalue weighted by Crippen LogP contribution is 2.40. The van der Waals surface area contributed by atoms with E-state index in [2.05, 4.69) is 0 Å². The number of carboxylic acid groups (broad SMARTS) is 1. The topological polar surface area (TPSA) is 66.8 Å². The van der Waals surface area contributed by atoms with Gasteiger partial charge in [0, 0.05) is 13.6 Å². The van der Waals surface area contributed by atoms with Crippen LogP contribution in [0.3, 0.4) is 0 Å². The highest BCUT2D eigenvalue weighted by atomic mass is 16.5. The van der Waals surface area contributed by atoms with Gasteiger partial charge in [-0.2, -0.15) is 0 Å².